The fourth-order valence-electron chi connectivity index (χ4n) is 2.29. The van der Waals surface area contributed by atoms with Crippen molar-refractivity contribution in [2.24, 2.45) is 4.99 Å². The SMILES string of the molecule is CCNC(=NCc1ccccc1Cl)NCC(O)c1cccc(OC)c1. The zero-order chi connectivity index (χ0) is 18.1. The molecule has 0 aliphatic rings. The Bertz CT molecular complexity index is 707. The predicted molar refractivity (Wildman–Crippen MR) is 102 cm³/mol. The van der Waals surface area contributed by atoms with Crippen LogP contribution < -0.4 is 15.4 Å². The minimum atomic E-state index is -0.667. The molecule has 0 aliphatic heterocycles. The second-order valence-electron chi connectivity index (χ2n) is 5.46. The predicted octanol–water partition coefficient (Wildman–Crippen LogP) is 3.14. The quantitative estimate of drug-likeness (QED) is 0.523. The third-order valence-corrected chi connectivity index (χ3v) is 4.02. The van der Waals surface area contributed by atoms with Crippen molar-refractivity contribution in [3.63, 3.8) is 0 Å². The van der Waals surface area contributed by atoms with Crippen LogP contribution in [0, 0.1) is 0 Å². The molecule has 1 atom stereocenters. The number of guanidine groups is 1. The first-order valence-corrected chi connectivity index (χ1v) is 8.59. The highest BCUT2D eigenvalue weighted by atomic mass is 35.5. The zero-order valence-corrected chi connectivity index (χ0v) is 15.3. The van der Waals surface area contributed by atoms with Gasteiger partial charge in [-0.05, 0) is 36.2 Å². The molecular weight excluding hydrogens is 338 g/mol. The fraction of sp³-hybridized carbons (Fsp3) is 0.316. The van der Waals surface area contributed by atoms with Gasteiger partial charge in [0.15, 0.2) is 5.96 Å². The van der Waals surface area contributed by atoms with E-state index in [-0.39, 0.29) is 0 Å². The third kappa shape index (κ3) is 5.96. The monoisotopic (exact) mass is 361 g/mol. The van der Waals surface area contributed by atoms with Crippen molar-refractivity contribution in [2.45, 2.75) is 19.6 Å². The number of aliphatic imine (C=N–C) groups is 1. The highest BCUT2D eigenvalue weighted by Gasteiger charge is 2.09. The molecule has 0 saturated carbocycles. The molecule has 5 nitrogen and oxygen atoms in total. The summed E-state index contributed by atoms with van der Waals surface area (Å²) in [7, 11) is 1.61. The zero-order valence-electron chi connectivity index (χ0n) is 14.5. The largest absolute Gasteiger partial charge is 0.497 e. The molecule has 0 aliphatic carbocycles. The van der Waals surface area contributed by atoms with E-state index in [1.54, 1.807) is 7.11 Å². The van der Waals surface area contributed by atoms with Gasteiger partial charge in [-0.15, -0.1) is 0 Å². The summed E-state index contributed by atoms with van der Waals surface area (Å²) in [5.41, 5.74) is 1.74. The van der Waals surface area contributed by atoms with Gasteiger partial charge in [0.2, 0.25) is 0 Å². The Labute approximate surface area is 153 Å². The van der Waals surface area contributed by atoms with E-state index in [9.17, 15) is 5.11 Å². The highest BCUT2D eigenvalue weighted by molar-refractivity contribution is 6.31. The molecule has 0 saturated heterocycles. The number of methoxy groups -OCH3 is 1. The number of hydrogen-bond acceptors (Lipinski definition) is 3. The van der Waals surface area contributed by atoms with Gasteiger partial charge in [-0.3, -0.25) is 0 Å². The van der Waals surface area contributed by atoms with Crippen LogP contribution in [0.25, 0.3) is 0 Å². The molecule has 0 amide bonds. The number of nitrogens with one attached hydrogen (secondary N) is 2. The number of ether oxygens (including phenoxy) is 1. The van der Waals surface area contributed by atoms with Crippen LogP contribution in [0.5, 0.6) is 5.75 Å². The lowest BCUT2D eigenvalue weighted by Crippen LogP contribution is -2.39. The Morgan fingerprint density at radius 2 is 2.00 bits per heavy atom. The summed E-state index contributed by atoms with van der Waals surface area (Å²) in [4.78, 5) is 4.52. The molecule has 2 rings (SSSR count). The van der Waals surface area contributed by atoms with Gasteiger partial charge in [-0.25, -0.2) is 4.99 Å². The van der Waals surface area contributed by atoms with Gasteiger partial charge < -0.3 is 20.5 Å². The summed E-state index contributed by atoms with van der Waals surface area (Å²) >= 11 is 6.16. The molecule has 3 N–H and O–H groups in total. The Morgan fingerprint density at radius 3 is 2.72 bits per heavy atom. The first kappa shape index (κ1) is 19.1. The van der Waals surface area contributed by atoms with Crippen LogP contribution in [-0.2, 0) is 6.54 Å². The summed E-state index contributed by atoms with van der Waals surface area (Å²) in [5.74, 6) is 1.35. The number of hydrogen-bond donors (Lipinski definition) is 3. The van der Waals surface area contributed by atoms with Crippen LogP contribution in [0.2, 0.25) is 5.02 Å². The second kappa shape index (κ2) is 9.91. The Morgan fingerprint density at radius 1 is 1.20 bits per heavy atom. The summed E-state index contributed by atoms with van der Waals surface area (Å²) in [6.45, 7) is 3.51. The number of benzene rings is 2. The summed E-state index contributed by atoms with van der Waals surface area (Å²) in [5, 5.41) is 17.4. The van der Waals surface area contributed by atoms with Gasteiger partial charge in [0.1, 0.15) is 5.75 Å². The maximum Gasteiger partial charge on any atom is 0.191 e. The van der Waals surface area contributed by atoms with Crippen molar-refractivity contribution in [1.82, 2.24) is 10.6 Å². The van der Waals surface area contributed by atoms with Gasteiger partial charge in [0.05, 0.1) is 19.8 Å². The molecule has 134 valence electrons. The van der Waals surface area contributed by atoms with Gasteiger partial charge in [0, 0.05) is 18.1 Å². The summed E-state index contributed by atoms with van der Waals surface area (Å²) < 4.78 is 5.19. The first-order chi connectivity index (χ1) is 12.1. The lowest BCUT2D eigenvalue weighted by atomic mass is 10.1. The van der Waals surface area contributed by atoms with Gasteiger partial charge >= 0.3 is 0 Å². The van der Waals surface area contributed by atoms with E-state index in [0.717, 1.165) is 23.4 Å². The van der Waals surface area contributed by atoms with Gasteiger partial charge in [0.25, 0.3) is 0 Å². The molecule has 0 spiro atoms. The van der Waals surface area contributed by atoms with Crippen LogP contribution in [0.1, 0.15) is 24.2 Å². The van der Waals surface area contributed by atoms with E-state index in [2.05, 4.69) is 15.6 Å². The molecule has 6 heteroatoms. The number of aliphatic hydroxyl groups excluding tert-OH is 1. The van der Waals surface area contributed by atoms with Gasteiger partial charge in [-0.1, -0.05) is 41.9 Å². The number of rotatable bonds is 7. The smallest absolute Gasteiger partial charge is 0.191 e. The van der Waals surface area contributed by atoms with Gasteiger partial charge in [-0.2, -0.15) is 0 Å². The lowest BCUT2D eigenvalue weighted by Gasteiger charge is -2.16. The molecule has 0 heterocycles. The molecule has 1 unspecified atom stereocenters. The van der Waals surface area contributed by atoms with Crippen molar-refractivity contribution in [2.75, 3.05) is 20.2 Å². The summed E-state index contributed by atoms with van der Waals surface area (Å²) in [6, 6.07) is 15.0. The van der Waals surface area contributed by atoms with Crippen LogP contribution in [-0.4, -0.2) is 31.3 Å². The topological polar surface area (TPSA) is 65.9 Å². The Kier molecular flexibility index (Phi) is 7.57. The van der Waals surface area contributed by atoms with Crippen molar-refractivity contribution in [3.8, 4) is 5.75 Å². The molecule has 2 aromatic carbocycles. The fourth-order valence-corrected chi connectivity index (χ4v) is 2.49. The number of aliphatic hydroxyl groups is 1. The maximum atomic E-state index is 10.4. The maximum absolute atomic E-state index is 10.4. The lowest BCUT2D eigenvalue weighted by molar-refractivity contribution is 0.180. The molecule has 0 fully saturated rings. The van der Waals surface area contributed by atoms with E-state index in [4.69, 9.17) is 16.3 Å². The number of halogens is 1. The number of nitrogens with zero attached hydrogens (tertiary/aromatic N) is 1. The van der Waals surface area contributed by atoms with Crippen LogP contribution in [0.15, 0.2) is 53.5 Å². The Balaban J connectivity index is 1.98. The molecular formula is C19H24ClN3O2. The van der Waals surface area contributed by atoms with E-state index >= 15 is 0 Å². The van der Waals surface area contributed by atoms with E-state index in [0.29, 0.717) is 24.1 Å². The molecule has 25 heavy (non-hydrogen) atoms. The minimum Gasteiger partial charge on any atom is -0.497 e. The van der Waals surface area contributed by atoms with Crippen LogP contribution in [0.4, 0.5) is 0 Å². The first-order valence-electron chi connectivity index (χ1n) is 8.21. The second-order valence-corrected chi connectivity index (χ2v) is 5.87. The summed E-state index contributed by atoms with van der Waals surface area (Å²) in [6.07, 6.45) is -0.667. The Hall–Kier alpha value is -2.24. The van der Waals surface area contributed by atoms with Crippen molar-refractivity contribution in [3.05, 3.63) is 64.7 Å². The molecule has 0 bridgehead atoms. The van der Waals surface area contributed by atoms with E-state index in [1.165, 1.54) is 0 Å². The average molecular weight is 362 g/mol. The standard InChI is InChI=1S/C19H24ClN3O2/c1-3-21-19(22-12-15-7-4-5-10-17(15)20)23-13-18(24)14-8-6-9-16(11-14)25-2/h4-11,18,24H,3,12-13H2,1-2H3,(H2,21,22,23). The highest BCUT2D eigenvalue weighted by Crippen LogP contribution is 2.18. The average Bonchev–Trinajstić information content (AvgIpc) is 2.65. The van der Waals surface area contributed by atoms with Crippen molar-refractivity contribution < 1.29 is 9.84 Å². The van der Waals surface area contributed by atoms with Crippen LogP contribution in [0.3, 0.4) is 0 Å². The van der Waals surface area contributed by atoms with E-state index in [1.807, 2.05) is 55.5 Å². The molecule has 0 radical (unpaired) electrons. The third-order valence-electron chi connectivity index (χ3n) is 3.65. The molecule has 2 aromatic rings. The van der Waals surface area contributed by atoms with Crippen molar-refractivity contribution in [1.29, 1.82) is 0 Å². The molecule has 0 aromatic heterocycles. The van der Waals surface area contributed by atoms with Crippen LogP contribution >= 0.6 is 11.6 Å². The minimum absolute atomic E-state index is 0.335. The normalized spacial score (nSPS) is 12.6. The van der Waals surface area contributed by atoms with Crippen molar-refractivity contribution >= 4 is 17.6 Å². The van der Waals surface area contributed by atoms with E-state index < -0.39 is 6.10 Å².